The molecule has 6 aromatic carbocycles. The summed E-state index contributed by atoms with van der Waals surface area (Å²) in [6.45, 7) is 0. The van der Waals surface area contributed by atoms with E-state index in [1.165, 1.54) is 22.3 Å². The highest BCUT2D eigenvalue weighted by Gasteiger charge is 2.46. The van der Waals surface area contributed by atoms with E-state index in [1.807, 2.05) is 42.5 Å². The molecule has 0 saturated heterocycles. The molecule has 1 aromatic heterocycles. The first kappa shape index (κ1) is 23.5. The number of benzene rings is 6. The van der Waals surface area contributed by atoms with Crippen molar-refractivity contribution in [2.24, 2.45) is 0 Å². The van der Waals surface area contributed by atoms with Gasteiger partial charge in [0.25, 0.3) is 0 Å². The van der Waals surface area contributed by atoms with Crippen LogP contribution in [0.5, 0.6) is 0 Å². The molecule has 0 bridgehead atoms. The van der Waals surface area contributed by atoms with Crippen LogP contribution in [0.4, 0.5) is 17.1 Å². The largest absolute Gasteiger partial charge is 0.456 e. The summed E-state index contributed by atoms with van der Waals surface area (Å²) in [5.74, 6) is 0. The summed E-state index contributed by atoms with van der Waals surface area (Å²) in [7, 11) is 0. The molecule has 0 spiro atoms. The third-order valence-corrected chi connectivity index (χ3v) is 8.33. The maximum absolute atomic E-state index is 13.3. The molecule has 8 rings (SSSR count). The lowest BCUT2D eigenvalue weighted by Gasteiger charge is -2.46. The first-order chi connectivity index (χ1) is 20.3. The van der Waals surface area contributed by atoms with Gasteiger partial charge in [0.2, 0.25) is 5.43 Å². The van der Waals surface area contributed by atoms with Gasteiger partial charge in [-0.05, 0) is 58.7 Å². The predicted octanol–water partition coefficient (Wildman–Crippen LogP) is 9.11. The lowest BCUT2D eigenvalue weighted by atomic mass is 9.62. The van der Waals surface area contributed by atoms with Gasteiger partial charge in [0.15, 0.2) is 0 Å². The SMILES string of the molecule is O=c1c2ccccc2oc2cc(N3c4ccccc4C(c4ccccc4)(c4ccccc4)c4ccccc43)ccc12. The van der Waals surface area contributed by atoms with E-state index < -0.39 is 5.41 Å². The maximum Gasteiger partial charge on any atom is 0.200 e. The van der Waals surface area contributed by atoms with Crippen LogP contribution in [0, 0.1) is 0 Å². The molecule has 0 radical (unpaired) electrons. The van der Waals surface area contributed by atoms with E-state index in [0.29, 0.717) is 21.9 Å². The van der Waals surface area contributed by atoms with Crippen molar-refractivity contribution in [2.75, 3.05) is 4.90 Å². The molecular formula is C38H25NO2. The van der Waals surface area contributed by atoms with Gasteiger partial charge in [-0.1, -0.05) is 109 Å². The smallest absolute Gasteiger partial charge is 0.200 e. The fourth-order valence-electron chi connectivity index (χ4n) is 6.62. The molecule has 0 amide bonds. The highest BCUT2D eigenvalue weighted by atomic mass is 16.3. The second-order valence-corrected chi connectivity index (χ2v) is 10.5. The van der Waals surface area contributed by atoms with E-state index in [9.17, 15) is 4.79 Å². The first-order valence-corrected chi connectivity index (χ1v) is 13.8. The number of rotatable bonds is 3. The minimum Gasteiger partial charge on any atom is -0.456 e. The van der Waals surface area contributed by atoms with Crippen molar-refractivity contribution in [1.29, 1.82) is 0 Å². The molecule has 3 nitrogen and oxygen atoms in total. The summed E-state index contributed by atoms with van der Waals surface area (Å²) in [6.07, 6.45) is 0. The van der Waals surface area contributed by atoms with Crippen LogP contribution in [0.15, 0.2) is 161 Å². The Balaban J connectivity index is 1.45. The Hall–Kier alpha value is -5.41. The van der Waals surface area contributed by atoms with E-state index in [-0.39, 0.29) is 5.43 Å². The van der Waals surface area contributed by atoms with Crippen LogP contribution in [-0.4, -0.2) is 0 Å². The van der Waals surface area contributed by atoms with Crippen molar-refractivity contribution in [3.05, 3.63) is 184 Å². The number of hydrogen-bond donors (Lipinski definition) is 0. The van der Waals surface area contributed by atoms with Crippen LogP contribution in [0.1, 0.15) is 22.3 Å². The predicted molar refractivity (Wildman–Crippen MR) is 167 cm³/mol. The minimum atomic E-state index is -0.522. The Morgan fingerprint density at radius 1 is 0.488 bits per heavy atom. The maximum atomic E-state index is 13.3. The summed E-state index contributed by atoms with van der Waals surface area (Å²) in [6, 6.07) is 52.2. The summed E-state index contributed by atoms with van der Waals surface area (Å²) in [5, 5.41) is 1.17. The molecule has 0 unspecified atom stereocenters. The molecule has 0 atom stereocenters. The Morgan fingerprint density at radius 3 is 1.63 bits per heavy atom. The monoisotopic (exact) mass is 527 g/mol. The van der Waals surface area contributed by atoms with Crippen LogP contribution in [-0.2, 0) is 5.41 Å². The van der Waals surface area contributed by atoms with Crippen molar-refractivity contribution in [3.63, 3.8) is 0 Å². The number of nitrogens with zero attached hydrogens (tertiary/aromatic N) is 1. The molecule has 2 heterocycles. The number of anilines is 3. The fraction of sp³-hybridized carbons (Fsp3) is 0.0263. The summed E-state index contributed by atoms with van der Waals surface area (Å²) in [5.41, 5.74) is 8.54. The molecule has 41 heavy (non-hydrogen) atoms. The minimum absolute atomic E-state index is 0.0139. The van der Waals surface area contributed by atoms with E-state index in [1.54, 1.807) is 0 Å². The topological polar surface area (TPSA) is 33.5 Å². The van der Waals surface area contributed by atoms with E-state index in [0.717, 1.165) is 17.1 Å². The van der Waals surface area contributed by atoms with Crippen molar-refractivity contribution >= 4 is 39.0 Å². The molecule has 0 aliphatic carbocycles. The molecule has 0 fully saturated rings. The zero-order valence-electron chi connectivity index (χ0n) is 22.2. The summed E-state index contributed by atoms with van der Waals surface area (Å²) < 4.78 is 6.29. The van der Waals surface area contributed by atoms with Gasteiger partial charge in [-0.25, -0.2) is 0 Å². The molecule has 3 heteroatoms. The van der Waals surface area contributed by atoms with Crippen LogP contribution in [0.3, 0.4) is 0 Å². The molecule has 7 aromatic rings. The molecule has 0 N–H and O–H groups in total. The van der Waals surface area contributed by atoms with Gasteiger partial charge in [0.05, 0.1) is 27.6 Å². The third-order valence-electron chi connectivity index (χ3n) is 8.33. The highest BCUT2D eigenvalue weighted by Crippen LogP contribution is 2.57. The van der Waals surface area contributed by atoms with Crippen molar-refractivity contribution < 1.29 is 4.42 Å². The number of para-hydroxylation sites is 3. The van der Waals surface area contributed by atoms with E-state index in [4.69, 9.17) is 4.42 Å². The van der Waals surface area contributed by atoms with Gasteiger partial charge in [-0.2, -0.15) is 0 Å². The average molecular weight is 528 g/mol. The molecule has 1 aliphatic heterocycles. The van der Waals surface area contributed by atoms with E-state index in [2.05, 4.69) is 114 Å². The van der Waals surface area contributed by atoms with Crippen molar-refractivity contribution in [3.8, 4) is 0 Å². The third kappa shape index (κ3) is 3.36. The fourth-order valence-corrected chi connectivity index (χ4v) is 6.62. The van der Waals surface area contributed by atoms with Crippen molar-refractivity contribution in [1.82, 2.24) is 0 Å². The number of hydrogen-bond acceptors (Lipinski definition) is 3. The standard InChI is InChI=1S/C38H25NO2/c40-37-29-17-7-12-22-35(29)41-36-25-28(23-24-30(36)37)39-33-20-10-8-18-31(33)38(26-13-3-1-4-14-26,27-15-5-2-6-16-27)32-19-9-11-21-34(32)39/h1-25H. The van der Waals surface area contributed by atoms with Crippen molar-refractivity contribution in [2.45, 2.75) is 5.41 Å². The quantitative estimate of drug-likeness (QED) is 0.215. The molecule has 1 aliphatic rings. The van der Waals surface area contributed by atoms with Crippen LogP contribution >= 0.6 is 0 Å². The Bertz CT molecular complexity index is 2040. The Morgan fingerprint density at radius 2 is 1.00 bits per heavy atom. The second-order valence-electron chi connectivity index (χ2n) is 10.5. The van der Waals surface area contributed by atoms with Gasteiger partial charge >= 0.3 is 0 Å². The van der Waals surface area contributed by atoms with Gasteiger partial charge in [-0.15, -0.1) is 0 Å². The van der Waals surface area contributed by atoms with Gasteiger partial charge in [0, 0.05) is 11.8 Å². The lowest BCUT2D eigenvalue weighted by Crippen LogP contribution is -2.37. The molecule has 194 valence electrons. The highest BCUT2D eigenvalue weighted by molar-refractivity contribution is 5.95. The number of fused-ring (bicyclic) bond motifs is 4. The average Bonchev–Trinajstić information content (AvgIpc) is 3.04. The van der Waals surface area contributed by atoms with Crippen LogP contribution < -0.4 is 10.3 Å². The van der Waals surface area contributed by atoms with Gasteiger partial charge in [0.1, 0.15) is 11.2 Å². The zero-order chi connectivity index (χ0) is 27.4. The normalized spacial score (nSPS) is 13.6. The second kappa shape index (κ2) is 9.07. The zero-order valence-corrected chi connectivity index (χ0v) is 22.2. The van der Waals surface area contributed by atoms with E-state index >= 15 is 0 Å². The lowest BCUT2D eigenvalue weighted by molar-refractivity contribution is 0.660. The Kier molecular flexibility index (Phi) is 5.19. The van der Waals surface area contributed by atoms with Crippen LogP contribution in [0.2, 0.25) is 0 Å². The summed E-state index contributed by atoms with van der Waals surface area (Å²) >= 11 is 0. The van der Waals surface area contributed by atoms with Crippen LogP contribution in [0.25, 0.3) is 21.9 Å². The molecular weight excluding hydrogens is 502 g/mol. The first-order valence-electron chi connectivity index (χ1n) is 13.8. The molecule has 0 saturated carbocycles. The Labute approximate surface area is 237 Å². The van der Waals surface area contributed by atoms with Gasteiger partial charge in [-0.3, -0.25) is 4.79 Å². The van der Waals surface area contributed by atoms with Gasteiger partial charge < -0.3 is 9.32 Å². The summed E-state index contributed by atoms with van der Waals surface area (Å²) in [4.78, 5) is 15.6.